The Hall–Kier alpha value is -2.74. The van der Waals surface area contributed by atoms with Crippen LogP contribution in [0.2, 0.25) is 0 Å². The summed E-state index contributed by atoms with van der Waals surface area (Å²) in [4.78, 5) is 2.18. The molecular formula is C27H36FN3O3. The molecule has 184 valence electrons. The quantitative estimate of drug-likeness (QED) is 0.392. The maximum Gasteiger partial charge on any atom is 0.222 e. The molecule has 34 heavy (non-hydrogen) atoms. The number of halogens is 1. The highest BCUT2D eigenvalue weighted by Crippen LogP contribution is 2.35. The SMILES string of the molecule is CC(C)CN(Cc1c(-c2ccccc2)nn(C)c1Oc1ccccc1F)C[C@H](O)COC(C)C. The average molecular weight is 470 g/mol. The van der Waals surface area contributed by atoms with Gasteiger partial charge in [-0.25, -0.2) is 9.07 Å². The van der Waals surface area contributed by atoms with Gasteiger partial charge in [0, 0.05) is 32.2 Å². The Morgan fingerprint density at radius 3 is 2.32 bits per heavy atom. The molecule has 6 nitrogen and oxygen atoms in total. The third kappa shape index (κ3) is 7.13. The molecule has 0 unspecified atom stereocenters. The van der Waals surface area contributed by atoms with Gasteiger partial charge in [0.2, 0.25) is 5.88 Å². The van der Waals surface area contributed by atoms with E-state index < -0.39 is 11.9 Å². The lowest BCUT2D eigenvalue weighted by atomic mass is 10.1. The first-order valence-corrected chi connectivity index (χ1v) is 11.8. The number of para-hydroxylation sites is 1. The molecule has 0 bridgehead atoms. The number of aliphatic hydroxyl groups is 1. The molecule has 1 N–H and O–H groups in total. The van der Waals surface area contributed by atoms with E-state index in [0.29, 0.717) is 24.9 Å². The summed E-state index contributed by atoms with van der Waals surface area (Å²) < 4.78 is 27.7. The molecule has 0 saturated carbocycles. The van der Waals surface area contributed by atoms with Crippen molar-refractivity contribution in [1.82, 2.24) is 14.7 Å². The van der Waals surface area contributed by atoms with Gasteiger partial charge >= 0.3 is 0 Å². The average Bonchev–Trinajstić information content (AvgIpc) is 3.09. The van der Waals surface area contributed by atoms with Crippen LogP contribution in [0, 0.1) is 11.7 Å². The Labute approximate surface area is 201 Å². The molecule has 0 radical (unpaired) electrons. The van der Waals surface area contributed by atoms with Gasteiger partial charge in [0.1, 0.15) is 5.69 Å². The third-order valence-electron chi connectivity index (χ3n) is 5.27. The zero-order valence-electron chi connectivity index (χ0n) is 20.7. The van der Waals surface area contributed by atoms with E-state index in [4.69, 9.17) is 14.6 Å². The molecular weight excluding hydrogens is 433 g/mol. The first-order valence-electron chi connectivity index (χ1n) is 11.8. The molecule has 0 saturated heterocycles. The number of aryl methyl sites for hydroxylation is 1. The van der Waals surface area contributed by atoms with Crippen molar-refractivity contribution in [1.29, 1.82) is 0 Å². The maximum absolute atomic E-state index is 14.4. The Kier molecular flexibility index (Phi) is 9.21. The van der Waals surface area contributed by atoms with Crippen molar-refractivity contribution >= 4 is 0 Å². The molecule has 3 aromatic rings. The second-order valence-corrected chi connectivity index (χ2v) is 9.28. The summed E-state index contributed by atoms with van der Waals surface area (Å²) in [6, 6.07) is 16.2. The van der Waals surface area contributed by atoms with Crippen molar-refractivity contribution in [2.24, 2.45) is 13.0 Å². The zero-order valence-corrected chi connectivity index (χ0v) is 20.7. The Morgan fingerprint density at radius 1 is 1.00 bits per heavy atom. The molecule has 3 rings (SSSR count). The van der Waals surface area contributed by atoms with Crippen LogP contribution in [-0.2, 0) is 18.3 Å². The molecule has 2 aromatic carbocycles. The van der Waals surface area contributed by atoms with Gasteiger partial charge in [0.25, 0.3) is 0 Å². The number of aromatic nitrogens is 2. The monoisotopic (exact) mass is 469 g/mol. The molecule has 1 heterocycles. The van der Waals surface area contributed by atoms with E-state index in [1.54, 1.807) is 29.9 Å². The molecule has 0 aliphatic carbocycles. The van der Waals surface area contributed by atoms with E-state index in [1.807, 2.05) is 44.2 Å². The standard InChI is InChI=1S/C27H36FN3O3/c1-19(2)15-31(16-22(32)18-33-20(3)4)17-23-26(21-11-7-6-8-12-21)29-30(5)27(23)34-25-14-10-9-13-24(25)28/h6-14,19-20,22,32H,15-18H2,1-5H3/t22-/m0/s1. The lowest BCUT2D eigenvalue weighted by Crippen LogP contribution is -2.37. The minimum Gasteiger partial charge on any atom is -0.436 e. The highest BCUT2D eigenvalue weighted by Gasteiger charge is 2.24. The van der Waals surface area contributed by atoms with E-state index >= 15 is 0 Å². The van der Waals surface area contributed by atoms with Gasteiger partial charge in [-0.2, -0.15) is 5.10 Å². The normalized spacial score (nSPS) is 12.6. The summed E-state index contributed by atoms with van der Waals surface area (Å²) in [5.41, 5.74) is 2.57. The van der Waals surface area contributed by atoms with E-state index in [2.05, 4.69) is 18.7 Å². The van der Waals surface area contributed by atoms with E-state index in [-0.39, 0.29) is 18.5 Å². The fourth-order valence-electron chi connectivity index (χ4n) is 3.88. The lowest BCUT2D eigenvalue weighted by molar-refractivity contribution is -0.0109. The van der Waals surface area contributed by atoms with Crippen LogP contribution in [0.5, 0.6) is 11.6 Å². The Balaban J connectivity index is 1.97. The van der Waals surface area contributed by atoms with Crippen LogP contribution >= 0.6 is 0 Å². The van der Waals surface area contributed by atoms with Crippen molar-refractivity contribution in [3.05, 3.63) is 66.0 Å². The summed E-state index contributed by atoms with van der Waals surface area (Å²) in [5, 5.41) is 15.4. The number of hydrogen-bond donors (Lipinski definition) is 1. The maximum atomic E-state index is 14.4. The van der Waals surface area contributed by atoms with Gasteiger partial charge in [-0.3, -0.25) is 4.90 Å². The second-order valence-electron chi connectivity index (χ2n) is 9.28. The van der Waals surface area contributed by atoms with E-state index in [1.165, 1.54) is 6.07 Å². The molecule has 0 amide bonds. The number of nitrogens with zero attached hydrogens (tertiary/aromatic N) is 3. The molecule has 0 aliphatic heterocycles. The smallest absolute Gasteiger partial charge is 0.222 e. The Bertz CT molecular complexity index is 1040. The highest BCUT2D eigenvalue weighted by atomic mass is 19.1. The number of hydrogen-bond acceptors (Lipinski definition) is 5. The fourth-order valence-corrected chi connectivity index (χ4v) is 3.88. The molecule has 1 atom stereocenters. The van der Waals surface area contributed by atoms with Crippen LogP contribution < -0.4 is 4.74 Å². The lowest BCUT2D eigenvalue weighted by Gasteiger charge is -2.27. The summed E-state index contributed by atoms with van der Waals surface area (Å²) >= 11 is 0. The number of rotatable bonds is 12. The number of benzene rings is 2. The molecule has 0 fully saturated rings. The van der Waals surface area contributed by atoms with Crippen LogP contribution in [0.15, 0.2) is 54.6 Å². The number of ether oxygens (including phenoxy) is 2. The minimum atomic E-state index is -0.631. The molecule has 1 aromatic heterocycles. The number of aliphatic hydroxyl groups excluding tert-OH is 1. The van der Waals surface area contributed by atoms with Gasteiger partial charge in [-0.05, 0) is 31.9 Å². The zero-order chi connectivity index (χ0) is 24.7. The fraction of sp³-hybridized carbons (Fsp3) is 0.444. The van der Waals surface area contributed by atoms with Crippen LogP contribution in [0.3, 0.4) is 0 Å². The van der Waals surface area contributed by atoms with E-state index in [9.17, 15) is 9.50 Å². The largest absolute Gasteiger partial charge is 0.436 e. The first kappa shape index (κ1) is 25.9. The van der Waals surface area contributed by atoms with Crippen LogP contribution in [-0.4, -0.2) is 51.7 Å². The van der Waals surface area contributed by atoms with Crippen LogP contribution in [0.25, 0.3) is 11.3 Å². The molecule has 0 aliphatic rings. The summed E-state index contributed by atoms with van der Waals surface area (Å²) in [5.74, 6) is 0.569. The van der Waals surface area contributed by atoms with Crippen molar-refractivity contribution in [2.75, 3.05) is 19.7 Å². The van der Waals surface area contributed by atoms with Gasteiger partial charge in [-0.15, -0.1) is 0 Å². The van der Waals surface area contributed by atoms with Crippen molar-refractivity contribution in [3.8, 4) is 22.9 Å². The summed E-state index contributed by atoms with van der Waals surface area (Å²) in [6.45, 7) is 10.1. The third-order valence-corrected chi connectivity index (χ3v) is 5.27. The predicted octanol–water partition coefficient (Wildman–Crippen LogP) is 5.26. The predicted molar refractivity (Wildman–Crippen MR) is 132 cm³/mol. The van der Waals surface area contributed by atoms with Gasteiger partial charge in [0.15, 0.2) is 11.6 Å². The molecule has 7 heteroatoms. The Morgan fingerprint density at radius 2 is 1.68 bits per heavy atom. The van der Waals surface area contributed by atoms with Crippen molar-refractivity contribution < 1.29 is 19.0 Å². The highest BCUT2D eigenvalue weighted by molar-refractivity contribution is 5.65. The summed E-state index contributed by atoms with van der Waals surface area (Å²) in [7, 11) is 1.80. The van der Waals surface area contributed by atoms with Gasteiger partial charge in [0.05, 0.1) is 24.4 Å². The first-order chi connectivity index (χ1) is 16.2. The topological polar surface area (TPSA) is 59.8 Å². The van der Waals surface area contributed by atoms with Crippen molar-refractivity contribution in [3.63, 3.8) is 0 Å². The minimum absolute atomic E-state index is 0.0528. The van der Waals surface area contributed by atoms with Crippen LogP contribution in [0.1, 0.15) is 33.3 Å². The molecule has 0 spiro atoms. The van der Waals surface area contributed by atoms with E-state index in [0.717, 1.165) is 23.4 Å². The van der Waals surface area contributed by atoms with Crippen molar-refractivity contribution in [2.45, 2.75) is 46.4 Å². The van der Waals surface area contributed by atoms with Gasteiger partial charge < -0.3 is 14.6 Å². The van der Waals surface area contributed by atoms with Crippen LogP contribution in [0.4, 0.5) is 4.39 Å². The van der Waals surface area contributed by atoms with Gasteiger partial charge in [-0.1, -0.05) is 56.3 Å². The second kappa shape index (κ2) is 12.1. The summed E-state index contributed by atoms with van der Waals surface area (Å²) in [6.07, 6.45) is -0.578.